The summed E-state index contributed by atoms with van der Waals surface area (Å²) >= 11 is 0. The maximum Gasteiger partial charge on any atom is 0.431 e. The van der Waals surface area contributed by atoms with Crippen LogP contribution in [0.3, 0.4) is 0 Å². The van der Waals surface area contributed by atoms with Gasteiger partial charge in [-0.1, -0.05) is 26.8 Å². The number of halogens is 4. The molecule has 0 unspecified atom stereocenters. The number of fused-ring (bicyclic) bond motifs is 1. The van der Waals surface area contributed by atoms with E-state index in [0.717, 1.165) is 5.56 Å². The van der Waals surface area contributed by atoms with Gasteiger partial charge in [0.1, 0.15) is 5.69 Å². The lowest BCUT2D eigenvalue weighted by molar-refractivity contribution is -0.141. The minimum atomic E-state index is -4.38. The molecule has 0 saturated carbocycles. The highest BCUT2D eigenvalue weighted by Gasteiger charge is 2.36. The van der Waals surface area contributed by atoms with Gasteiger partial charge >= 0.3 is 6.18 Å². The first-order valence-corrected chi connectivity index (χ1v) is 6.57. The summed E-state index contributed by atoms with van der Waals surface area (Å²) in [6, 6.07) is 5.42. The highest BCUT2D eigenvalue weighted by atomic mass is 35.5. The molecule has 0 aliphatic rings. The summed E-state index contributed by atoms with van der Waals surface area (Å²) in [5.74, 6) is 0. The maximum absolute atomic E-state index is 13.1. The van der Waals surface area contributed by atoms with Crippen molar-refractivity contribution in [3.05, 3.63) is 35.0 Å². The van der Waals surface area contributed by atoms with Gasteiger partial charge in [0.2, 0.25) is 0 Å². The Morgan fingerprint density at radius 3 is 2.24 bits per heavy atom. The van der Waals surface area contributed by atoms with Crippen LogP contribution in [0.5, 0.6) is 0 Å². The van der Waals surface area contributed by atoms with Crippen molar-refractivity contribution in [2.24, 2.45) is 5.73 Å². The molecule has 2 rings (SSSR count). The van der Waals surface area contributed by atoms with Crippen LogP contribution < -0.4 is 5.73 Å². The van der Waals surface area contributed by atoms with Crippen molar-refractivity contribution in [2.45, 2.75) is 38.8 Å². The van der Waals surface area contributed by atoms with Crippen LogP contribution in [-0.4, -0.2) is 11.5 Å². The molecule has 0 saturated heterocycles. The fourth-order valence-corrected chi connectivity index (χ4v) is 2.36. The maximum atomic E-state index is 13.1. The highest BCUT2D eigenvalue weighted by Crippen LogP contribution is 2.37. The van der Waals surface area contributed by atoms with Crippen LogP contribution in [-0.2, 0) is 18.0 Å². The van der Waals surface area contributed by atoms with Crippen molar-refractivity contribution in [1.29, 1.82) is 0 Å². The largest absolute Gasteiger partial charge is 0.431 e. The van der Waals surface area contributed by atoms with Gasteiger partial charge in [-0.25, -0.2) is 0 Å². The number of aromatic nitrogens is 1. The van der Waals surface area contributed by atoms with Gasteiger partial charge in [-0.05, 0) is 41.6 Å². The molecule has 0 bridgehead atoms. The predicted molar refractivity (Wildman–Crippen MR) is 82.0 cm³/mol. The molecule has 6 heteroatoms. The average molecular weight is 321 g/mol. The van der Waals surface area contributed by atoms with Crippen LogP contribution in [0.25, 0.3) is 10.9 Å². The Kier molecular flexibility index (Phi) is 5.01. The van der Waals surface area contributed by atoms with E-state index in [4.69, 9.17) is 5.73 Å². The molecule has 0 atom stereocenters. The quantitative estimate of drug-likeness (QED) is 0.845. The van der Waals surface area contributed by atoms with Crippen LogP contribution in [0, 0.1) is 0 Å². The zero-order valence-corrected chi connectivity index (χ0v) is 13.1. The summed E-state index contributed by atoms with van der Waals surface area (Å²) in [7, 11) is 0. The second-order valence-electron chi connectivity index (χ2n) is 6.03. The Balaban J connectivity index is 0.00000220. The fourth-order valence-electron chi connectivity index (χ4n) is 2.36. The summed E-state index contributed by atoms with van der Waals surface area (Å²) in [6.45, 7) is 6.30. The number of hydrogen-bond acceptors (Lipinski definition) is 1. The van der Waals surface area contributed by atoms with Crippen molar-refractivity contribution < 1.29 is 13.2 Å². The molecule has 2 nitrogen and oxygen atoms in total. The zero-order valence-electron chi connectivity index (χ0n) is 12.3. The molecule has 0 amide bonds. The molecule has 0 radical (unpaired) electrons. The Labute approximate surface area is 128 Å². The van der Waals surface area contributed by atoms with Crippen LogP contribution in [0.1, 0.15) is 37.6 Å². The number of H-pyrrole nitrogens is 1. The molecular weight excluding hydrogens is 301 g/mol. The lowest BCUT2D eigenvalue weighted by Crippen LogP contribution is -2.12. The van der Waals surface area contributed by atoms with Crippen molar-refractivity contribution in [3.8, 4) is 0 Å². The SMILES string of the molecule is CC(C)(C)c1ccc2[nH]c(C(F)(F)F)c(CCN)c2c1.Cl. The molecule has 0 spiro atoms. The Hall–Kier alpha value is -1.20. The number of alkyl halides is 3. The van der Waals surface area contributed by atoms with Gasteiger partial charge in [0.25, 0.3) is 0 Å². The summed E-state index contributed by atoms with van der Waals surface area (Å²) in [4.78, 5) is 2.49. The molecule has 0 aliphatic carbocycles. The van der Waals surface area contributed by atoms with Gasteiger partial charge < -0.3 is 10.7 Å². The number of hydrogen-bond donors (Lipinski definition) is 2. The van der Waals surface area contributed by atoms with Crippen molar-refractivity contribution in [1.82, 2.24) is 4.98 Å². The molecule has 2 aromatic rings. The lowest BCUT2D eigenvalue weighted by atomic mass is 9.86. The third-order valence-electron chi connectivity index (χ3n) is 3.45. The van der Waals surface area contributed by atoms with Crippen molar-refractivity contribution in [3.63, 3.8) is 0 Å². The third kappa shape index (κ3) is 3.52. The third-order valence-corrected chi connectivity index (χ3v) is 3.45. The normalized spacial score (nSPS) is 12.5. The van der Waals surface area contributed by atoms with E-state index in [2.05, 4.69) is 4.98 Å². The standard InChI is InChI=1S/C15H19F3N2.ClH/c1-14(2,3)9-4-5-12-11(8-9)10(6-7-19)13(20-12)15(16,17)18;/h4-5,8,20H,6-7,19H2,1-3H3;1H. The Bertz CT molecular complexity index is 624. The van der Waals surface area contributed by atoms with E-state index >= 15 is 0 Å². The molecule has 118 valence electrons. The average Bonchev–Trinajstić information content (AvgIpc) is 2.67. The van der Waals surface area contributed by atoms with E-state index in [0.29, 0.717) is 10.9 Å². The van der Waals surface area contributed by atoms with Gasteiger partial charge in [0, 0.05) is 10.9 Å². The lowest BCUT2D eigenvalue weighted by Gasteiger charge is -2.19. The van der Waals surface area contributed by atoms with E-state index in [1.165, 1.54) is 0 Å². The summed E-state index contributed by atoms with van der Waals surface area (Å²) in [5.41, 5.74) is 6.46. The molecular formula is C15H20ClF3N2. The van der Waals surface area contributed by atoms with Gasteiger partial charge in [-0.2, -0.15) is 13.2 Å². The van der Waals surface area contributed by atoms with E-state index < -0.39 is 11.9 Å². The monoisotopic (exact) mass is 320 g/mol. The second kappa shape index (κ2) is 5.89. The molecule has 0 fully saturated rings. The number of rotatable bonds is 2. The number of aromatic amines is 1. The van der Waals surface area contributed by atoms with E-state index in [9.17, 15) is 13.2 Å². The molecule has 1 aromatic heterocycles. The molecule has 21 heavy (non-hydrogen) atoms. The van der Waals surface area contributed by atoms with Crippen LogP contribution in [0.15, 0.2) is 18.2 Å². The van der Waals surface area contributed by atoms with Crippen LogP contribution in [0.4, 0.5) is 13.2 Å². The van der Waals surface area contributed by atoms with Crippen molar-refractivity contribution in [2.75, 3.05) is 6.54 Å². The molecule has 0 aliphatic heterocycles. The number of nitrogens with two attached hydrogens (primary N) is 1. The van der Waals surface area contributed by atoms with E-state index in [1.54, 1.807) is 6.07 Å². The summed E-state index contributed by atoms with van der Waals surface area (Å²) in [6.07, 6.45) is -4.17. The van der Waals surface area contributed by atoms with Crippen LogP contribution in [0.2, 0.25) is 0 Å². The van der Waals surface area contributed by atoms with E-state index in [1.807, 2.05) is 32.9 Å². The van der Waals surface area contributed by atoms with Crippen LogP contribution >= 0.6 is 12.4 Å². The summed E-state index contributed by atoms with van der Waals surface area (Å²) < 4.78 is 39.2. The molecule has 3 N–H and O–H groups in total. The first-order chi connectivity index (χ1) is 9.14. The van der Waals surface area contributed by atoms with Gasteiger partial charge in [-0.15, -0.1) is 12.4 Å². The molecule has 1 aromatic carbocycles. The Morgan fingerprint density at radius 1 is 1.14 bits per heavy atom. The van der Waals surface area contributed by atoms with Gasteiger partial charge in [0.15, 0.2) is 0 Å². The fraction of sp³-hybridized carbons (Fsp3) is 0.467. The molecule has 1 heterocycles. The highest BCUT2D eigenvalue weighted by molar-refractivity contribution is 5.86. The number of nitrogens with one attached hydrogen (secondary N) is 1. The second-order valence-corrected chi connectivity index (χ2v) is 6.03. The summed E-state index contributed by atoms with van der Waals surface area (Å²) in [5, 5.41) is 0.621. The van der Waals surface area contributed by atoms with Crippen molar-refractivity contribution >= 4 is 23.3 Å². The topological polar surface area (TPSA) is 41.8 Å². The number of benzene rings is 1. The first kappa shape index (κ1) is 17.9. The Morgan fingerprint density at radius 2 is 1.76 bits per heavy atom. The zero-order chi connectivity index (χ0) is 15.1. The smallest absolute Gasteiger partial charge is 0.351 e. The van der Waals surface area contributed by atoms with Gasteiger partial charge in [0.05, 0.1) is 0 Å². The predicted octanol–water partition coefficient (Wildman–Crippen LogP) is 4.41. The van der Waals surface area contributed by atoms with Gasteiger partial charge in [-0.3, -0.25) is 0 Å². The van der Waals surface area contributed by atoms with E-state index in [-0.39, 0.29) is 36.4 Å². The minimum absolute atomic E-state index is 0. The first-order valence-electron chi connectivity index (χ1n) is 6.57. The minimum Gasteiger partial charge on any atom is -0.351 e.